The maximum absolute atomic E-state index is 13.1. The minimum absolute atomic E-state index is 0.0598. The first kappa shape index (κ1) is 20.1. The topological polar surface area (TPSA) is 52.7 Å². The van der Waals surface area contributed by atoms with Crippen molar-refractivity contribution in [1.29, 1.82) is 0 Å². The fourth-order valence-electron chi connectivity index (χ4n) is 3.71. The third-order valence-corrected chi connectivity index (χ3v) is 5.42. The monoisotopic (exact) mass is 379 g/mol. The fraction of sp³-hybridized carbons (Fsp3) is 0.391. The van der Waals surface area contributed by atoms with E-state index >= 15 is 0 Å². The number of likely N-dealkylation sites (N-methyl/N-ethyl adjacent to an activating group) is 1. The number of carbonyl (C=O) groups excluding carboxylic acids is 2. The van der Waals surface area contributed by atoms with Crippen LogP contribution in [0.2, 0.25) is 0 Å². The molecule has 0 bridgehead atoms. The molecule has 1 N–H and O–H groups in total. The summed E-state index contributed by atoms with van der Waals surface area (Å²) in [5, 5.41) is 3.05. The highest BCUT2D eigenvalue weighted by Crippen LogP contribution is 2.25. The van der Waals surface area contributed by atoms with Gasteiger partial charge < -0.3 is 15.1 Å². The first-order valence-electron chi connectivity index (χ1n) is 10.1. The second-order valence-corrected chi connectivity index (χ2v) is 7.11. The van der Waals surface area contributed by atoms with Crippen molar-refractivity contribution in [3.63, 3.8) is 0 Å². The summed E-state index contributed by atoms with van der Waals surface area (Å²) in [7, 11) is 0. The Hall–Kier alpha value is -2.66. The summed E-state index contributed by atoms with van der Waals surface area (Å²) in [6.07, 6.45) is 0.512. The van der Waals surface area contributed by atoms with Gasteiger partial charge in [-0.15, -0.1) is 0 Å². The van der Waals surface area contributed by atoms with Crippen LogP contribution in [0.1, 0.15) is 35.3 Å². The lowest BCUT2D eigenvalue weighted by Gasteiger charge is -2.27. The molecule has 0 aromatic heterocycles. The number of benzene rings is 2. The molecule has 2 aromatic rings. The Kier molecular flexibility index (Phi) is 6.82. The first-order chi connectivity index (χ1) is 13.6. The Morgan fingerprint density at radius 2 is 1.75 bits per heavy atom. The summed E-state index contributed by atoms with van der Waals surface area (Å²) < 4.78 is 0. The molecule has 2 amide bonds. The van der Waals surface area contributed by atoms with E-state index in [-0.39, 0.29) is 11.8 Å². The van der Waals surface area contributed by atoms with E-state index in [4.69, 9.17) is 0 Å². The van der Waals surface area contributed by atoms with Gasteiger partial charge >= 0.3 is 0 Å². The molecule has 1 heterocycles. The summed E-state index contributed by atoms with van der Waals surface area (Å²) in [6, 6.07) is 17.0. The van der Waals surface area contributed by atoms with Crippen molar-refractivity contribution >= 4 is 11.8 Å². The average Bonchev–Trinajstić information content (AvgIpc) is 3.06. The van der Waals surface area contributed by atoms with E-state index < -0.39 is 6.04 Å². The fourth-order valence-corrected chi connectivity index (χ4v) is 3.71. The van der Waals surface area contributed by atoms with Gasteiger partial charge in [-0.2, -0.15) is 0 Å². The Morgan fingerprint density at radius 3 is 2.43 bits per heavy atom. The van der Waals surface area contributed by atoms with Crippen molar-refractivity contribution in [1.82, 2.24) is 15.1 Å². The van der Waals surface area contributed by atoms with Crippen molar-refractivity contribution in [2.24, 2.45) is 0 Å². The molecule has 1 aliphatic heterocycles. The van der Waals surface area contributed by atoms with Gasteiger partial charge in [-0.1, -0.05) is 62.4 Å². The smallest absolute Gasteiger partial charge is 0.255 e. The van der Waals surface area contributed by atoms with Crippen LogP contribution in [0.4, 0.5) is 0 Å². The Labute approximate surface area is 167 Å². The van der Waals surface area contributed by atoms with Gasteiger partial charge in [0.2, 0.25) is 5.91 Å². The van der Waals surface area contributed by atoms with Gasteiger partial charge in [-0.3, -0.25) is 9.59 Å². The summed E-state index contributed by atoms with van der Waals surface area (Å²) in [5.41, 5.74) is 2.74. The van der Waals surface area contributed by atoms with E-state index in [0.29, 0.717) is 25.1 Å². The van der Waals surface area contributed by atoms with E-state index in [1.807, 2.05) is 54.6 Å². The van der Waals surface area contributed by atoms with Crippen LogP contribution >= 0.6 is 0 Å². The van der Waals surface area contributed by atoms with Crippen LogP contribution in [0, 0.1) is 0 Å². The number of rotatable bonds is 9. The summed E-state index contributed by atoms with van der Waals surface area (Å²) in [4.78, 5) is 30.0. The molecule has 5 heteroatoms. The molecular weight excluding hydrogens is 350 g/mol. The Morgan fingerprint density at radius 1 is 1.07 bits per heavy atom. The molecule has 5 nitrogen and oxygen atoms in total. The molecule has 0 fully saturated rings. The molecule has 148 valence electrons. The van der Waals surface area contributed by atoms with Crippen molar-refractivity contribution in [2.75, 3.05) is 26.2 Å². The quantitative estimate of drug-likeness (QED) is 0.729. The number of fused-ring (bicyclic) bond motifs is 1. The molecule has 0 aliphatic carbocycles. The number of amides is 2. The molecule has 0 spiro atoms. The van der Waals surface area contributed by atoms with Crippen molar-refractivity contribution in [3.8, 4) is 0 Å². The third kappa shape index (κ3) is 4.60. The molecule has 0 unspecified atom stereocenters. The molecule has 3 rings (SSSR count). The van der Waals surface area contributed by atoms with Gasteiger partial charge in [-0.05, 0) is 30.3 Å². The van der Waals surface area contributed by atoms with Crippen molar-refractivity contribution in [3.05, 3.63) is 71.3 Å². The Bertz CT molecular complexity index is 803. The molecule has 1 aliphatic rings. The van der Waals surface area contributed by atoms with Gasteiger partial charge in [-0.25, -0.2) is 0 Å². The van der Waals surface area contributed by atoms with E-state index in [0.717, 1.165) is 30.8 Å². The molecule has 2 aromatic carbocycles. The predicted molar refractivity (Wildman–Crippen MR) is 111 cm³/mol. The number of carbonyl (C=O) groups is 2. The number of nitrogens with zero attached hydrogens (tertiary/aromatic N) is 2. The summed E-state index contributed by atoms with van der Waals surface area (Å²) in [5.74, 6) is -0.146. The zero-order chi connectivity index (χ0) is 19.9. The van der Waals surface area contributed by atoms with Crippen LogP contribution in [-0.2, 0) is 17.8 Å². The van der Waals surface area contributed by atoms with Crippen LogP contribution in [0.25, 0.3) is 0 Å². The van der Waals surface area contributed by atoms with Crippen LogP contribution in [0.3, 0.4) is 0 Å². The highest BCUT2D eigenvalue weighted by Gasteiger charge is 2.36. The molecule has 0 radical (unpaired) electrons. The maximum atomic E-state index is 13.1. The van der Waals surface area contributed by atoms with Crippen LogP contribution in [0.5, 0.6) is 0 Å². The first-order valence-corrected chi connectivity index (χ1v) is 10.1. The van der Waals surface area contributed by atoms with E-state index in [1.54, 1.807) is 4.90 Å². The summed E-state index contributed by atoms with van der Waals surface area (Å²) in [6.45, 7) is 8.02. The van der Waals surface area contributed by atoms with E-state index in [9.17, 15) is 9.59 Å². The number of nitrogens with one attached hydrogen (secondary N) is 1. The molecule has 1 atom stereocenters. The summed E-state index contributed by atoms with van der Waals surface area (Å²) >= 11 is 0. The highest BCUT2D eigenvalue weighted by molar-refractivity contribution is 6.01. The second-order valence-electron chi connectivity index (χ2n) is 7.11. The third-order valence-electron chi connectivity index (χ3n) is 5.42. The van der Waals surface area contributed by atoms with Crippen molar-refractivity contribution in [2.45, 2.75) is 32.9 Å². The normalized spacial score (nSPS) is 14.2. The average molecular weight is 380 g/mol. The van der Waals surface area contributed by atoms with Gasteiger partial charge in [0.15, 0.2) is 0 Å². The molecule has 28 heavy (non-hydrogen) atoms. The predicted octanol–water partition coefficient (Wildman–Crippen LogP) is 2.71. The number of hydrogen-bond acceptors (Lipinski definition) is 3. The zero-order valence-electron chi connectivity index (χ0n) is 16.7. The van der Waals surface area contributed by atoms with Crippen LogP contribution < -0.4 is 5.32 Å². The lowest BCUT2D eigenvalue weighted by atomic mass is 10.0. The van der Waals surface area contributed by atoms with Gasteiger partial charge in [0.1, 0.15) is 6.04 Å². The molecule has 0 saturated heterocycles. The zero-order valence-corrected chi connectivity index (χ0v) is 16.7. The standard InChI is InChI=1S/C23H29N3O2/c1-3-25(4-2)15-14-24-22(27)21(16-18-10-6-5-7-11-18)26-17-19-12-8-9-13-20(19)23(26)28/h5-13,21H,3-4,14-17H2,1-2H3,(H,24,27)/t21-/m1/s1. The molecular formula is C23H29N3O2. The largest absolute Gasteiger partial charge is 0.353 e. The van der Waals surface area contributed by atoms with Gasteiger partial charge in [0.25, 0.3) is 5.91 Å². The SMILES string of the molecule is CCN(CC)CCNC(=O)[C@@H](Cc1ccccc1)N1Cc2ccccc2C1=O. The lowest BCUT2D eigenvalue weighted by molar-refractivity contribution is -0.125. The minimum Gasteiger partial charge on any atom is -0.353 e. The van der Waals surface area contributed by atoms with Gasteiger partial charge in [0, 0.05) is 31.6 Å². The van der Waals surface area contributed by atoms with E-state index in [1.165, 1.54) is 0 Å². The minimum atomic E-state index is -0.515. The molecule has 0 saturated carbocycles. The van der Waals surface area contributed by atoms with Crippen LogP contribution in [0.15, 0.2) is 54.6 Å². The maximum Gasteiger partial charge on any atom is 0.255 e. The second kappa shape index (κ2) is 9.51. The number of hydrogen-bond donors (Lipinski definition) is 1. The van der Waals surface area contributed by atoms with E-state index in [2.05, 4.69) is 24.1 Å². The Balaban J connectivity index is 1.74. The van der Waals surface area contributed by atoms with Crippen molar-refractivity contribution < 1.29 is 9.59 Å². The lowest BCUT2D eigenvalue weighted by Crippen LogP contribution is -2.49. The highest BCUT2D eigenvalue weighted by atomic mass is 16.2. The van der Waals surface area contributed by atoms with Crippen LogP contribution in [-0.4, -0.2) is 53.8 Å². The van der Waals surface area contributed by atoms with Gasteiger partial charge in [0.05, 0.1) is 0 Å².